The van der Waals surface area contributed by atoms with Crippen molar-refractivity contribution in [2.45, 2.75) is 19.5 Å². The molecule has 0 aliphatic heterocycles. The molecule has 0 radical (unpaired) electrons. The molecule has 0 unspecified atom stereocenters. The van der Waals surface area contributed by atoms with E-state index in [1.54, 1.807) is 24.6 Å². The number of nitrogens with zero attached hydrogens (tertiary/aromatic N) is 1. The summed E-state index contributed by atoms with van der Waals surface area (Å²) >= 11 is 2.09. The Bertz CT molecular complexity index is 1380. The van der Waals surface area contributed by atoms with Gasteiger partial charge in [-0.15, -0.1) is 22.7 Å². The summed E-state index contributed by atoms with van der Waals surface area (Å²) in [6.07, 6.45) is -4.07. The summed E-state index contributed by atoms with van der Waals surface area (Å²) in [4.78, 5) is 29.8. The van der Waals surface area contributed by atoms with Crippen molar-refractivity contribution >= 4 is 44.8 Å². The molecule has 1 aromatic carbocycles. The molecule has 188 valence electrons. The Balaban J connectivity index is 1.44. The zero-order valence-corrected chi connectivity index (χ0v) is 20.9. The number of benzene rings is 1. The fraction of sp³-hybridized carbons (Fsp3) is 0.240. The summed E-state index contributed by atoms with van der Waals surface area (Å²) in [5.74, 6) is -0.650. The average molecular weight is 535 g/mol. The SMILES string of the molecule is COc1ccc(CCNC(=O)COC(=O)c2sc3nc(-c4cccs4)cc(C(F)(F)F)c3c2C)cc1. The van der Waals surface area contributed by atoms with Crippen molar-refractivity contribution in [2.75, 3.05) is 20.3 Å². The largest absolute Gasteiger partial charge is 0.497 e. The Hall–Kier alpha value is -3.44. The van der Waals surface area contributed by atoms with Crippen LogP contribution in [0.1, 0.15) is 26.4 Å². The first kappa shape index (κ1) is 25.6. The maximum atomic E-state index is 13.9. The molecule has 0 aliphatic carbocycles. The number of aryl methyl sites for hydroxylation is 1. The lowest BCUT2D eigenvalue weighted by Gasteiger charge is -2.11. The lowest BCUT2D eigenvalue weighted by atomic mass is 10.1. The average Bonchev–Trinajstić information content (AvgIpc) is 3.50. The van der Waals surface area contributed by atoms with Crippen molar-refractivity contribution < 1.29 is 32.2 Å². The normalized spacial score (nSPS) is 11.5. The number of esters is 1. The summed E-state index contributed by atoms with van der Waals surface area (Å²) in [5, 5.41) is 4.27. The van der Waals surface area contributed by atoms with Gasteiger partial charge in [0.2, 0.25) is 0 Å². The van der Waals surface area contributed by atoms with Crippen LogP contribution in [0.2, 0.25) is 0 Å². The van der Waals surface area contributed by atoms with E-state index >= 15 is 0 Å². The highest BCUT2D eigenvalue weighted by molar-refractivity contribution is 7.20. The minimum absolute atomic E-state index is 0.0163. The van der Waals surface area contributed by atoms with E-state index in [1.807, 2.05) is 24.3 Å². The van der Waals surface area contributed by atoms with E-state index in [-0.39, 0.29) is 26.4 Å². The van der Waals surface area contributed by atoms with Gasteiger partial charge in [-0.2, -0.15) is 13.2 Å². The number of ether oxygens (including phenoxy) is 2. The predicted octanol–water partition coefficient (Wildman–Crippen LogP) is 5.88. The Morgan fingerprint density at radius 2 is 1.89 bits per heavy atom. The number of methoxy groups -OCH3 is 1. The van der Waals surface area contributed by atoms with Gasteiger partial charge in [0.15, 0.2) is 6.61 Å². The van der Waals surface area contributed by atoms with Crippen molar-refractivity contribution in [3.05, 3.63) is 69.4 Å². The zero-order chi connectivity index (χ0) is 25.9. The van der Waals surface area contributed by atoms with Gasteiger partial charge in [-0.3, -0.25) is 4.79 Å². The first-order valence-corrected chi connectivity index (χ1v) is 12.5. The number of hydrogen-bond donors (Lipinski definition) is 1. The third-order valence-corrected chi connectivity index (χ3v) is 7.45. The van der Waals surface area contributed by atoms with Gasteiger partial charge in [-0.1, -0.05) is 18.2 Å². The van der Waals surface area contributed by atoms with Crippen LogP contribution in [0.3, 0.4) is 0 Å². The van der Waals surface area contributed by atoms with Gasteiger partial charge in [0.1, 0.15) is 15.5 Å². The van der Waals surface area contributed by atoms with Gasteiger partial charge in [0.05, 0.1) is 23.2 Å². The second-order valence-electron chi connectivity index (χ2n) is 7.79. The molecule has 11 heteroatoms. The molecule has 3 heterocycles. The van der Waals surface area contributed by atoms with Crippen LogP contribution in [0.4, 0.5) is 13.2 Å². The highest BCUT2D eigenvalue weighted by atomic mass is 32.1. The molecule has 6 nitrogen and oxygen atoms in total. The smallest absolute Gasteiger partial charge is 0.417 e. The van der Waals surface area contributed by atoms with Crippen LogP contribution in [0.15, 0.2) is 47.8 Å². The minimum atomic E-state index is -4.63. The van der Waals surface area contributed by atoms with E-state index in [1.165, 1.54) is 18.3 Å². The summed E-state index contributed by atoms with van der Waals surface area (Å²) in [5.41, 5.74) is 0.434. The van der Waals surface area contributed by atoms with Crippen molar-refractivity contribution in [1.29, 1.82) is 0 Å². The number of halogens is 3. The van der Waals surface area contributed by atoms with Gasteiger partial charge in [0.25, 0.3) is 5.91 Å². The van der Waals surface area contributed by atoms with Crippen LogP contribution in [-0.4, -0.2) is 37.1 Å². The van der Waals surface area contributed by atoms with Crippen LogP contribution in [-0.2, 0) is 22.1 Å². The number of pyridine rings is 1. The minimum Gasteiger partial charge on any atom is -0.497 e. The first-order valence-electron chi connectivity index (χ1n) is 10.8. The molecule has 4 rings (SSSR count). The topological polar surface area (TPSA) is 77.5 Å². The van der Waals surface area contributed by atoms with Crippen LogP contribution in [0, 0.1) is 6.92 Å². The van der Waals surface area contributed by atoms with E-state index in [9.17, 15) is 22.8 Å². The molecule has 0 spiro atoms. The van der Waals surface area contributed by atoms with Crippen LogP contribution in [0.25, 0.3) is 20.8 Å². The van der Waals surface area contributed by atoms with E-state index in [2.05, 4.69) is 10.3 Å². The highest BCUT2D eigenvalue weighted by Gasteiger charge is 2.36. The van der Waals surface area contributed by atoms with Gasteiger partial charge >= 0.3 is 12.1 Å². The highest BCUT2D eigenvalue weighted by Crippen LogP contribution is 2.42. The molecule has 4 aromatic rings. The van der Waals surface area contributed by atoms with Crippen LogP contribution < -0.4 is 10.1 Å². The van der Waals surface area contributed by atoms with E-state index < -0.39 is 30.2 Å². The third kappa shape index (κ3) is 5.68. The molecule has 1 amide bonds. The van der Waals surface area contributed by atoms with Crippen molar-refractivity contribution in [3.8, 4) is 16.3 Å². The fourth-order valence-electron chi connectivity index (χ4n) is 3.60. The van der Waals surface area contributed by atoms with Gasteiger partial charge in [0, 0.05) is 11.9 Å². The lowest BCUT2D eigenvalue weighted by molar-refractivity contribution is -0.136. The summed E-state index contributed by atoms with van der Waals surface area (Å²) < 4.78 is 51.8. The Morgan fingerprint density at radius 1 is 1.14 bits per heavy atom. The number of thiophene rings is 2. The fourth-order valence-corrected chi connectivity index (χ4v) is 5.39. The maximum absolute atomic E-state index is 13.9. The Morgan fingerprint density at radius 3 is 2.53 bits per heavy atom. The number of carbonyl (C=O) groups is 2. The predicted molar refractivity (Wildman–Crippen MR) is 133 cm³/mol. The molecule has 0 fully saturated rings. The Labute approximate surface area is 212 Å². The van der Waals surface area contributed by atoms with Gasteiger partial charge in [-0.05, 0) is 54.1 Å². The first-order chi connectivity index (χ1) is 17.2. The molecular formula is C25H21F3N2O4S2. The molecule has 0 bridgehead atoms. The zero-order valence-electron chi connectivity index (χ0n) is 19.3. The number of amides is 1. The van der Waals surface area contributed by atoms with E-state index in [0.29, 0.717) is 17.8 Å². The number of nitrogens with one attached hydrogen (secondary N) is 1. The number of hydrogen-bond acceptors (Lipinski definition) is 7. The van der Waals surface area contributed by atoms with Crippen molar-refractivity contribution in [2.24, 2.45) is 0 Å². The van der Waals surface area contributed by atoms with Crippen LogP contribution in [0.5, 0.6) is 5.75 Å². The van der Waals surface area contributed by atoms with Gasteiger partial charge < -0.3 is 14.8 Å². The van der Waals surface area contributed by atoms with Gasteiger partial charge in [-0.25, -0.2) is 9.78 Å². The monoisotopic (exact) mass is 534 g/mol. The van der Waals surface area contributed by atoms with E-state index in [4.69, 9.17) is 9.47 Å². The second kappa shape index (κ2) is 10.7. The molecule has 3 aromatic heterocycles. The van der Waals surface area contributed by atoms with Crippen molar-refractivity contribution in [3.63, 3.8) is 0 Å². The summed E-state index contributed by atoms with van der Waals surface area (Å²) in [6, 6.07) is 11.8. The van der Waals surface area contributed by atoms with Crippen molar-refractivity contribution in [1.82, 2.24) is 10.3 Å². The Kier molecular flexibility index (Phi) is 7.60. The van der Waals surface area contributed by atoms with E-state index in [0.717, 1.165) is 28.7 Å². The number of fused-ring (bicyclic) bond motifs is 1. The lowest BCUT2D eigenvalue weighted by Crippen LogP contribution is -2.30. The molecule has 1 N–H and O–H groups in total. The molecule has 0 atom stereocenters. The third-order valence-electron chi connectivity index (χ3n) is 5.39. The molecular weight excluding hydrogens is 513 g/mol. The summed E-state index contributed by atoms with van der Waals surface area (Å²) in [7, 11) is 1.57. The molecule has 0 saturated heterocycles. The van der Waals surface area contributed by atoms with Crippen LogP contribution >= 0.6 is 22.7 Å². The summed E-state index contributed by atoms with van der Waals surface area (Å²) in [6.45, 7) is 1.20. The second-order valence-corrected chi connectivity index (χ2v) is 9.74. The standard InChI is InChI=1S/C25H21F3N2O4S2/c1-14-21-17(25(26,27)28)12-18(19-4-3-11-35-19)30-23(21)36-22(14)24(32)34-13-20(31)29-10-9-15-5-7-16(33-2)8-6-15/h3-8,11-12H,9-10,13H2,1-2H3,(H,29,31). The molecule has 0 aliphatic rings. The number of carbonyl (C=O) groups excluding carboxylic acids is 2. The molecule has 0 saturated carbocycles. The maximum Gasteiger partial charge on any atom is 0.417 e. The number of rotatable bonds is 8. The number of alkyl halides is 3. The molecule has 36 heavy (non-hydrogen) atoms. The quantitative estimate of drug-likeness (QED) is 0.286. The number of aromatic nitrogens is 1.